The number of carbonyl (C=O) groups is 2. The summed E-state index contributed by atoms with van der Waals surface area (Å²) >= 11 is 0. The van der Waals surface area contributed by atoms with E-state index >= 15 is 0 Å². The normalized spacial score (nSPS) is 19.5. The number of carbonyl (C=O) groups excluding carboxylic acids is 2. The molecule has 1 atom stereocenters. The maximum atomic E-state index is 13.2. The number of likely N-dealkylation sites (tertiary alicyclic amines) is 1. The van der Waals surface area contributed by atoms with Gasteiger partial charge in [-0.1, -0.05) is 30.5 Å². The molecule has 1 aromatic carbocycles. The van der Waals surface area contributed by atoms with Crippen molar-refractivity contribution >= 4 is 17.5 Å². The highest BCUT2D eigenvalue weighted by Gasteiger charge is 2.32. The van der Waals surface area contributed by atoms with E-state index in [0.717, 1.165) is 38.5 Å². The van der Waals surface area contributed by atoms with E-state index < -0.39 is 4.92 Å². The van der Waals surface area contributed by atoms with Crippen LogP contribution in [0, 0.1) is 23.0 Å². The lowest BCUT2D eigenvalue weighted by Crippen LogP contribution is -2.48. The van der Waals surface area contributed by atoms with Crippen molar-refractivity contribution in [3.8, 4) is 5.69 Å². The van der Waals surface area contributed by atoms with Gasteiger partial charge in [0.25, 0.3) is 11.6 Å². The number of nitro benzene ring substituents is 1. The molecule has 0 spiro atoms. The Morgan fingerprint density at radius 1 is 1.16 bits per heavy atom. The quantitative estimate of drug-likeness (QED) is 0.563. The van der Waals surface area contributed by atoms with Crippen LogP contribution in [0.15, 0.2) is 24.3 Å². The second kappa shape index (κ2) is 9.46. The largest absolute Gasteiger partial charge is 0.353 e. The molecule has 10 nitrogen and oxygen atoms in total. The molecule has 0 bridgehead atoms. The molecule has 1 aliphatic carbocycles. The zero-order chi connectivity index (χ0) is 22.7. The van der Waals surface area contributed by atoms with Gasteiger partial charge < -0.3 is 10.2 Å². The first kappa shape index (κ1) is 21.9. The lowest BCUT2D eigenvalue weighted by atomic mass is 9.93. The van der Waals surface area contributed by atoms with E-state index in [0.29, 0.717) is 24.5 Å². The van der Waals surface area contributed by atoms with Gasteiger partial charge in [0.1, 0.15) is 0 Å². The molecule has 32 heavy (non-hydrogen) atoms. The number of aromatic nitrogens is 3. The molecular weight excluding hydrogens is 412 g/mol. The van der Waals surface area contributed by atoms with Crippen LogP contribution in [0.2, 0.25) is 0 Å². The maximum absolute atomic E-state index is 13.2. The maximum Gasteiger partial charge on any atom is 0.276 e. The van der Waals surface area contributed by atoms with E-state index in [1.165, 1.54) is 23.2 Å². The molecule has 170 valence electrons. The van der Waals surface area contributed by atoms with E-state index in [1.54, 1.807) is 24.0 Å². The molecular formula is C22H28N6O4. The Hall–Kier alpha value is -3.30. The summed E-state index contributed by atoms with van der Waals surface area (Å²) < 4.78 is 1.43. The fraction of sp³-hybridized carbons (Fsp3) is 0.545. The number of nitrogens with one attached hydrogen (secondary N) is 1. The molecule has 4 rings (SSSR count). The number of hydrogen-bond donors (Lipinski definition) is 1. The molecule has 1 aromatic heterocycles. The molecule has 1 aliphatic heterocycles. The van der Waals surface area contributed by atoms with Crippen molar-refractivity contribution in [3.05, 3.63) is 45.8 Å². The van der Waals surface area contributed by atoms with Gasteiger partial charge in [-0.05, 0) is 38.7 Å². The third-order valence-corrected chi connectivity index (χ3v) is 6.41. The summed E-state index contributed by atoms with van der Waals surface area (Å²) in [7, 11) is 0. The molecule has 10 heteroatoms. The fourth-order valence-corrected chi connectivity index (χ4v) is 4.60. The highest BCUT2D eigenvalue weighted by atomic mass is 16.6. The third kappa shape index (κ3) is 4.63. The highest BCUT2D eigenvalue weighted by molar-refractivity contribution is 5.94. The van der Waals surface area contributed by atoms with Crippen LogP contribution in [0.1, 0.15) is 61.1 Å². The standard InChI is InChI=1S/C22H28N6O4/c1-15-20(24-25-27(15)18-10-5-11-19(13-18)28(31)32)22(30)26-12-6-7-16(14-26)21(29)23-17-8-3-2-4-9-17/h5,10-11,13,16-17H,2-4,6-9,12,14H2,1H3,(H,23,29). The van der Waals surface area contributed by atoms with Crippen molar-refractivity contribution in [2.45, 2.75) is 57.9 Å². The first-order valence-electron chi connectivity index (χ1n) is 11.2. The molecule has 2 aliphatic rings. The molecule has 2 amide bonds. The topological polar surface area (TPSA) is 123 Å². The molecule has 2 fully saturated rings. The summed E-state index contributed by atoms with van der Waals surface area (Å²) in [6.45, 7) is 2.64. The van der Waals surface area contributed by atoms with Crippen molar-refractivity contribution in [2.24, 2.45) is 5.92 Å². The smallest absolute Gasteiger partial charge is 0.276 e. The van der Waals surface area contributed by atoms with Crippen LogP contribution in [0.3, 0.4) is 0 Å². The van der Waals surface area contributed by atoms with Crippen LogP contribution in [-0.2, 0) is 4.79 Å². The van der Waals surface area contributed by atoms with Gasteiger partial charge in [0, 0.05) is 31.3 Å². The molecule has 2 heterocycles. The molecule has 2 aromatic rings. The van der Waals surface area contributed by atoms with Crippen LogP contribution in [0.4, 0.5) is 5.69 Å². The Kier molecular flexibility index (Phi) is 6.48. The number of piperidine rings is 1. The SMILES string of the molecule is Cc1c(C(=O)N2CCCC(C(=O)NC3CCCCC3)C2)nnn1-c1cccc([N+](=O)[O-])c1. The van der Waals surface area contributed by atoms with Crippen molar-refractivity contribution in [1.29, 1.82) is 0 Å². The Morgan fingerprint density at radius 2 is 1.94 bits per heavy atom. The summed E-state index contributed by atoms with van der Waals surface area (Å²) in [6, 6.07) is 6.28. The number of hydrogen-bond acceptors (Lipinski definition) is 6. The minimum Gasteiger partial charge on any atom is -0.353 e. The van der Waals surface area contributed by atoms with Crippen LogP contribution in [0.25, 0.3) is 5.69 Å². The first-order chi connectivity index (χ1) is 15.4. The van der Waals surface area contributed by atoms with Gasteiger partial charge >= 0.3 is 0 Å². The Morgan fingerprint density at radius 3 is 2.69 bits per heavy atom. The second-order valence-electron chi connectivity index (χ2n) is 8.65. The lowest BCUT2D eigenvalue weighted by Gasteiger charge is -2.33. The lowest BCUT2D eigenvalue weighted by molar-refractivity contribution is -0.384. The van der Waals surface area contributed by atoms with Crippen molar-refractivity contribution in [1.82, 2.24) is 25.2 Å². The van der Waals surface area contributed by atoms with E-state index in [-0.39, 0.29) is 35.2 Å². The van der Waals surface area contributed by atoms with E-state index in [9.17, 15) is 19.7 Å². The van der Waals surface area contributed by atoms with Crippen molar-refractivity contribution in [3.63, 3.8) is 0 Å². The monoisotopic (exact) mass is 440 g/mol. The summed E-state index contributed by atoms with van der Waals surface area (Å²) in [6.07, 6.45) is 7.12. The van der Waals surface area contributed by atoms with Crippen LogP contribution >= 0.6 is 0 Å². The van der Waals surface area contributed by atoms with Gasteiger partial charge in [-0.25, -0.2) is 4.68 Å². The second-order valence-corrected chi connectivity index (χ2v) is 8.65. The van der Waals surface area contributed by atoms with E-state index in [4.69, 9.17) is 0 Å². The highest BCUT2D eigenvalue weighted by Crippen LogP contribution is 2.23. The molecule has 1 saturated heterocycles. The van der Waals surface area contributed by atoms with Gasteiger partial charge in [-0.15, -0.1) is 5.10 Å². The molecule has 0 radical (unpaired) electrons. The Balaban J connectivity index is 1.45. The van der Waals surface area contributed by atoms with E-state index in [2.05, 4.69) is 15.6 Å². The number of non-ortho nitro benzene ring substituents is 1. The molecule has 1 unspecified atom stereocenters. The predicted octanol–water partition coefficient (Wildman–Crippen LogP) is 2.79. The zero-order valence-corrected chi connectivity index (χ0v) is 18.2. The zero-order valence-electron chi connectivity index (χ0n) is 18.2. The Labute approximate surface area is 186 Å². The minimum atomic E-state index is -0.478. The molecule has 1 N–H and O–H groups in total. The summed E-state index contributed by atoms with van der Waals surface area (Å²) in [5.74, 6) is -0.456. The van der Waals surface area contributed by atoms with E-state index in [1.807, 2.05) is 0 Å². The van der Waals surface area contributed by atoms with Gasteiger partial charge in [0.2, 0.25) is 5.91 Å². The third-order valence-electron chi connectivity index (χ3n) is 6.41. The van der Waals surface area contributed by atoms with Gasteiger partial charge in [-0.2, -0.15) is 0 Å². The van der Waals surface area contributed by atoms with Gasteiger partial charge in [-0.3, -0.25) is 19.7 Å². The summed E-state index contributed by atoms with van der Waals surface area (Å²) in [5.41, 5.74) is 1.11. The van der Waals surface area contributed by atoms with Crippen molar-refractivity contribution < 1.29 is 14.5 Å². The average molecular weight is 441 g/mol. The van der Waals surface area contributed by atoms with Crippen LogP contribution in [0.5, 0.6) is 0 Å². The van der Waals surface area contributed by atoms with Crippen LogP contribution in [-0.4, -0.2) is 55.8 Å². The molecule has 1 saturated carbocycles. The fourth-order valence-electron chi connectivity index (χ4n) is 4.60. The number of nitrogens with zero attached hydrogens (tertiary/aromatic N) is 5. The Bertz CT molecular complexity index is 1010. The van der Waals surface area contributed by atoms with Crippen molar-refractivity contribution in [2.75, 3.05) is 13.1 Å². The van der Waals surface area contributed by atoms with Gasteiger partial charge in [0.15, 0.2) is 5.69 Å². The van der Waals surface area contributed by atoms with Crippen LogP contribution < -0.4 is 5.32 Å². The number of amides is 2. The minimum absolute atomic E-state index is 0.0337. The predicted molar refractivity (Wildman–Crippen MR) is 116 cm³/mol. The number of rotatable bonds is 5. The van der Waals surface area contributed by atoms with Gasteiger partial charge in [0.05, 0.1) is 22.2 Å². The summed E-state index contributed by atoms with van der Waals surface area (Å²) in [4.78, 5) is 38.2. The number of benzene rings is 1. The summed E-state index contributed by atoms with van der Waals surface area (Å²) in [5, 5.41) is 22.4. The number of nitro groups is 1. The average Bonchev–Trinajstić information content (AvgIpc) is 3.20. The first-order valence-corrected chi connectivity index (χ1v) is 11.2.